The van der Waals surface area contributed by atoms with Crippen LogP contribution in [0.15, 0.2) is 0 Å². The first-order chi connectivity index (χ1) is 3.37. The smallest absolute Gasteiger partial charge is 0.0827 e. The third-order valence-electron chi connectivity index (χ3n) is 2.02. The summed E-state index contributed by atoms with van der Waals surface area (Å²) in [6, 6.07) is 2.21. The van der Waals surface area contributed by atoms with Crippen LogP contribution < -0.4 is 0 Å². The molecule has 1 nitrogen and oxygen atoms in total. The first kappa shape index (κ1) is 3.49. The zero-order valence-corrected chi connectivity index (χ0v) is 4.07. The fourth-order valence-electron chi connectivity index (χ4n) is 1.08. The largest absolute Gasteiger partial charge is 0.198 e. The van der Waals surface area contributed by atoms with E-state index in [-0.39, 0.29) is 0 Å². The lowest BCUT2D eigenvalue weighted by Crippen LogP contribution is -1.66. The molecule has 0 aromatic rings. The molecule has 0 unspecified atom stereocenters. The van der Waals surface area contributed by atoms with E-state index in [0.29, 0.717) is 5.41 Å². The van der Waals surface area contributed by atoms with Gasteiger partial charge in [-0.1, -0.05) is 0 Å². The molecule has 0 aliphatic heterocycles. The maximum absolute atomic E-state index is 8.29. The zero-order chi connectivity index (χ0) is 4.91. The lowest BCUT2D eigenvalue weighted by molar-refractivity contribution is 0.922. The third kappa shape index (κ3) is 0.279. The Kier molecular flexibility index (Phi) is 0.353. The van der Waals surface area contributed by atoms with Gasteiger partial charge >= 0.3 is 0 Å². The molecule has 2 aliphatic rings. The summed E-state index contributed by atoms with van der Waals surface area (Å²) in [7, 11) is 0. The van der Waals surface area contributed by atoms with E-state index in [4.69, 9.17) is 5.26 Å². The van der Waals surface area contributed by atoms with Crippen LogP contribution in [0.2, 0.25) is 0 Å². The quantitative estimate of drug-likeness (QED) is 0.441. The summed E-state index contributed by atoms with van der Waals surface area (Å²) in [4.78, 5) is 0. The van der Waals surface area contributed by atoms with Crippen molar-refractivity contribution in [2.75, 3.05) is 0 Å². The van der Waals surface area contributed by atoms with Crippen LogP contribution in [0.3, 0.4) is 0 Å². The average molecular weight is 92.1 g/mol. The number of hydrogen-bond acceptors (Lipinski definition) is 1. The van der Waals surface area contributed by atoms with Crippen molar-refractivity contribution in [3.63, 3.8) is 0 Å². The summed E-state index contributed by atoms with van der Waals surface area (Å²) in [5.74, 6) is 1.16. The summed E-state index contributed by atoms with van der Waals surface area (Å²) in [6.45, 7) is 0. The highest BCUT2D eigenvalue weighted by Crippen LogP contribution is 2.71. The predicted molar refractivity (Wildman–Crippen MR) is 25.1 cm³/mol. The maximum Gasteiger partial charge on any atom is 0.0827 e. The number of rotatable bonds is 0. The Morgan fingerprint density at radius 3 is 2.43 bits per heavy atom. The van der Waals surface area contributed by atoms with Crippen LogP contribution >= 0.6 is 0 Å². The summed E-state index contributed by atoms with van der Waals surface area (Å²) < 4.78 is 0. The van der Waals surface area contributed by atoms with E-state index < -0.39 is 0 Å². The van der Waals surface area contributed by atoms with Crippen LogP contribution in [0.4, 0.5) is 0 Å². The first-order valence-electron chi connectivity index (χ1n) is 2.64. The summed E-state index contributed by atoms with van der Waals surface area (Å²) >= 11 is 0. The van der Waals surface area contributed by atoms with Crippen LogP contribution in [0, 0.1) is 22.7 Å². The van der Waals surface area contributed by atoms with Crippen molar-refractivity contribution in [1.29, 1.82) is 5.26 Å². The van der Waals surface area contributed by atoms with Gasteiger partial charge in [0.15, 0.2) is 0 Å². The molecule has 2 rings (SSSR count). The molecule has 2 saturated carbocycles. The second-order valence-corrected chi connectivity index (χ2v) is 2.55. The van der Waals surface area contributed by atoms with E-state index in [0.717, 1.165) is 12.3 Å². The molecule has 0 aromatic heterocycles. The molecular formula is C6H6N. The Labute approximate surface area is 42.9 Å². The van der Waals surface area contributed by atoms with Crippen molar-refractivity contribution in [3.05, 3.63) is 5.92 Å². The fraction of sp³-hybridized carbons (Fsp3) is 0.667. The van der Waals surface area contributed by atoms with Crippen LogP contribution in [-0.2, 0) is 0 Å². The molecule has 7 heavy (non-hydrogen) atoms. The average Bonchev–Trinajstić information content (AvgIpc) is 2.52. The molecule has 1 spiro atoms. The van der Waals surface area contributed by atoms with Gasteiger partial charge in [0.1, 0.15) is 0 Å². The molecule has 0 aromatic carbocycles. The van der Waals surface area contributed by atoms with Gasteiger partial charge in [-0.2, -0.15) is 5.26 Å². The Balaban J connectivity index is 2.13. The topological polar surface area (TPSA) is 23.8 Å². The summed E-state index contributed by atoms with van der Waals surface area (Å²) in [5, 5.41) is 8.29. The van der Waals surface area contributed by atoms with Gasteiger partial charge in [0, 0.05) is 0 Å². The second kappa shape index (κ2) is 0.709. The Bertz CT molecular complexity index is 139. The SMILES string of the molecule is N#C[C]1CC12CC2. The van der Waals surface area contributed by atoms with E-state index in [1.54, 1.807) is 0 Å². The van der Waals surface area contributed by atoms with Gasteiger partial charge < -0.3 is 0 Å². The van der Waals surface area contributed by atoms with Crippen molar-refractivity contribution < 1.29 is 0 Å². The molecule has 2 fully saturated rings. The normalized spacial score (nSPS) is 32.4. The fourth-order valence-corrected chi connectivity index (χ4v) is 1.08. The predicted octanol–water partition coefficient (Wildman–Crippen LogP) is 1.27. The van der Waals surface area contributed by atoms with Crippen LogP contribution in [0.25, 0.3) is 0 Å². The van der Waals surface area contributed by atoms with Crippen molar-refractivity contribution >= 4 is 0 Å². The standard InChI is InChI=1S/C6H6N/c7-4-5-3-6(5)1-2-6/h1-3H2. The van der Waals surface area contributed by atoms with Gasteiger partial charge in [0.2, 0.25) is 0 Å². The van der Waals surface area contributed by atoms with E-state index in [9.17, 15) is 0 Å². The summed E-state index contributed by atoms with van der Waals surface area (Å²) in [5.41, 5.74) is 0.523. The number of hydrogen-bond donors (Lipinski definition) is 0. The molecule has 0 N–H and O–H groups in total. The summed E-state index contributed by atoms with van der Waals surface area (Å²) in [6.07, 6.45) is 3.73. The molecule has 0 bridgehead atoms. The lowest BCUT2D eigenvalue weighted by atomic mass is 10.3. The molecule has 0 saturated heterocycles. The van der Waals surface area contributed by atoms with Gasteiger partial charge in [-0.25, -0.2) is 0 Å². The van der Waals surface area contributed by atoms with E-state index in [1.165, 1.54) is 12.8 Å². The number of nitrogens with zero attached hydrogens (tertiary/aromatic N) is 1. The van der Waals surface area contributed by atoms with Gasteiger partial charge in [0.25, 0.3) is 0 Å². The highest BCUT2D eigenvalue weighted by molar-refractivity contribution is 5.42. The minimum absolute atomic E-state index is 0.523. The van der Waals surface area contributed by atoms with Crippen molar-refractivity contribution in [2.24, 2.45) is 5.41 Å². The van der Waals surface area contributed by atoms with Crippen molar-refractivity contribution in [2.45, 2.75) is 19.3 Å². The minimum atomic E-state index is 0.523. The maximum atomic E-state index is 8.29. The van der Waals surface area contributed by atoms with Gasteiger partial charge in [0.05, 0.1) is 12.0 Å². The van der Waals surface area contributed by atoms with Gasteiger partial charge in [-0.3, -0.25) is 0 Å². The molecule has 1 radical (unpaired) electrons. The molecule has 0 atom stereocenters. The number of nitriles is 1. The van der Waals surface area contributed by atoms with Gasteiger partial charge in [-0.15, -0.1) is 0 Å². The zero-order valence-electron chi connectivity index (χ0n) is 4.07. The molecule has 0 amide bonds. The van der Waals surface area contributed by atoms with E-state index >= 15 is 0 Å². The molecule has 2 aliphatic carbocycles. The van der Waals surface area contributed by atoms with Crippen LogP contribution in [0.1, 0.15) is 19.3 Å². The first-order valence-corrected chi connectivity index (χ1v) is 2.64. The Morgan fingerprint density at radius 2 is 2.29 bits per heavy atom. The van der Waals surface area contributed by atoms with Crippen LogP contribution in [-0.4, -0.2) is 0 Å². The highest BCUT2D eigenvalue weighted by Gasteiger charge is 2.64. The monoisotopic (exact) mass is 92.1 g/mol. The Hall–Kier alpha value is -0.510. The molecule has 0 heterocycles. The molecule has 1 heteroatoms. The van der Waals surface area contributed by atoms with Gasteiger partial charge in [-0.05, 0) is 24.7 Å². The van der Waals surface area contributed by atoms with E-state index in [1.807, 2.05) is 0 Å². The highest BCUT2D eigenvalue weighted by atomic mass is 14.7. The van der Waals surface area contributed by atoms with Crippen molar-refractivity contribution in [1.82, 2.24) is 0 Å². The van der Waals surface area contributed by atoms with Crippen molar-refractivity contribution in [3.8, 4) is 6.07 Å². The van der Waals surface area contributed by atoms with E-state index in [2.05, 4.69) is 6.07 Å². The second-order valence-electron chi connectivity index (χ2n) is 2.55. The third-order valence-corrected chi connectivity index (χ3v) is 2.02. The lowest BCUT2D eigenvalue weighted by Gasteiger charge is -1.68. The Morgan fingerprint density at radius 1 is 1.57 bits per heavy atom. The molecular weight excluding hydrogens is 86.1 g/mol. The minimum Gasteiger partial charge on any atom is -0.198 e. The molecule has 35 valence electrons. The van der Waals surface area contributed by atoms with Crippen LogP contribution in [0.5, 0.6) is 0 Å².